The van der Waals surface area contributed by atoms with E-state index >= 15 is 9.59 Å². The van der Waals surface area contributed by atoms with Crippen molar-refractivity contribution in [2.75, 3.05) is 19.3 Å². The van der Waals surface area contributed by atoms with Gasteiger partial charge in [0.15, 0.2) is 5.78 Å². The van der Waals surface area contributed by atoms with Gasteiger partial charge in [0.1, 0.15) is 17.6 Å². The topological polar surface area (TPSA) is 157 Å². The third kappa shape index (κ3) is 6.62. The average molecular weight is 914 g/mol. The number of anilines is 1. The Labute approximate surface area is 399 Å². The molecule has 17 atom stereocenters. The molecule has 9 heteroatoms. The number of carbonyl (C=O) groups excluding carboxylic acids is 2. The number of carbonyl (C=O) groups is 2. The van der Waals surface area contributed by atoms with Gasteiger partial charge in [-0.3, -0.25) is 9.59 Å². The summed E-state index contributed by atoms with van der Waals surface area (Å²) in [6.45, 7) is 12.5. The number of epoxide rings is 1. The number of rotatable bonds is 9. The second kappa shape index (κ2) is 16.1. The molecule has 5 saturated carbocycles. The van der Waals surface area contributed by atoms with Crippen LogP contribution in [0, 0.1) is 57.2 Å². The monoisotopic (exact) mass is 914 g/mol. The minimum Gasteiger partial charge on any atom is -0.508 e. The molecule has 9 nitrogen and oxygen atoms in total. The van der Waals surface area contributed by atoms with Gasteiger partial charge in [-0.25, -0.2) is 0 Å². The first-order chi connectivity index (χ1) is 31.9. The quantitative estimate of drug-likeness (QED) is 0.0820. The Morgan fingerprint density at radius 3 is 2.55 bits per heavy atom. The lowest BCUT2D eigenvalue weighted by atomic mass is 9.29. The van der Waals surface area contributed by atoms with Gasteiger partial charge in [0.25, 0.3) is 0 Å². The molecule has 2 aliphatic heterocycles. The van der Waals surface area contributed by atoms with E-state index in [0.717, 1.165) is 106 Å². The van der Waals surface area contributed by atoms with Gasteiger partial charge < -0.3 is 36.4 Å². The first kappa shape index (κ1) is 46.1. The molecule has 10 aliphatic rings. The minimum atomic E-state index is -0.867. The summed E-state index contributed by atoms with van der Waals surface area (Å²) in [7, 11) is 1.92. The zero-order valence-corrected chi connectivity index (χ0v) is 41.2. The SMILES string of the molecule is CNCc1cc(O)cc([C@H]2C(=O)[C@]34CC=C[C@@H]2[C@@]2(C)[C@H]5CCC6=C([C@H](C)C[C@@H](O)[C@H]7O[C@]7(C)[C@@H]7CCC[C@H]7c7cccc(N)c7)C(=O)[C@H]7CCC[C@@]5(C[C@H](NC[C@@](C)(O)CCCC3)[C@@H]42)[C@]67C)c1. The maximum absolute atomic E-state index is 15.9. The number of aliphatic hydroxyl groups is 2. The molecule has 12 rings (SSSR count). The van der Waals surface area contributed by atoms with Crippen LogP contribution >= 0.6 is 0 Å². The zero-order valence-electron chi connectivity index (χ0n) is 41.2. The second-order valence-corrected chi connectivity index (χ2v) is 24.7. The van der Waals surface area contributed by atoms with Gasteiger partial charge >= 0.3 is 0 Å². The van der Waals surface area contributed by atoms with E-state index < -0.39 is 28.6 Å². The second-order valence-electron chi connectivity index (χ2n) is 24.7. The lowest BCUT2D eigenvalue weighted by Gasteiger charge is -2.74. The lowest BCUT2D eigenvalue weighted by molar-refractivity contribution is -0.231. The van der Waals surface area contributed by atoms with Gasteiger partial charge in [-0.15, -0.1) is 0 Å². The molecule has 7 fully saturated rings. The summed E-state index contributed by atoms with van der Waals surface area (Å²) in [5.74, 6) is 1.10. The van der Waals surface area contributed by atoms with E-state index in [1.165, 1.54) is 11.1 Å². The summed E-state index contributed by atoms with van der Waals surface area (Å²) in [5, 5.41) is 42.6. The molecule has 0 unspecified atom stereocenters. The summed E-state index contributed by atoms with van der Waals surface area (Å²) in [6.07, 6.45) is 17.2. The van der Waals surface area contributed by atoms with Crippen LogP contribution in [-0.4, -0.2) is 69.9 Å². The number of phenols is 1. The standard InChI is InChI=1S/C58H79N3O6/c1-33(25-45(63)52-56(5,67-52)40-16-10-15-39(40)35-13-9-14-37(59)28-35)47-42-19-20-46-54(3)41-17-11-23-57(51(65)48(41)36-26-34(31-60-6)27-38(62)29-36)22-8-7-21-53(2,66)32-61-44(50(54)57)30-58(46)24-12-18-43(49(47)64)55(42,58)4/h9,11,13-14,17,26-29,33,39-41,43-46,48,50,52,60-63,66H,7-8,10,12,15-16,18-25,30-32,59H2,1-6H3/t33-,39+,40-,41+,43-,44+,45-,46-,48-,50-,52-,53+,54+,55-,56-,57+,58+/m1/s1. The van der Waals surface area contributed by atoms with Crippen molar-refractivity contribution in [3.63, 3.8) is 0 Å². The maximum atomic E-state index is 15.9. The summed E-state index contributed by atoms with van der Waals surface area (Å²) in [6, 6.07) is 14.1. The fraction of sp³-hybridized carbons (Fsp3) is 0.690. The zero-order chi connectivity index (χ0) is 47.1. The molecule has 362 valence electrons. The van der Waals surface area contributed by atoms with Crippen molar-refractivity contribution in [1.29, 1.82) is 0 Å². The number of ketones is 2. The highest BCUT2D eigenvalue weighted by Gasteiger charge is 2.78. The van der Waals surface area contributed by atoms with Crippen LogP contribution < -0.4 is 16.4 Å². The van der Waals surface area contributed by atoms with Gasteiger partial charge in [-0.1, -0.05) is 82.4 Å². The number of nitrogen functional groups attached to an aromatic ring is 1. The van der Waals surface area contributed by atoms with Crippen LogP contribution in [0.25, 0.3) is 0 Å². The molecule has 67 heavy (non-hydrogen) atoms. The third-order valence-electron chi connectivity index (χ3n) is 21.4. The van der Waals surface area contributed by atoms with Crippen LogP contribution in [0.3, 0.4) is 0 Å². The largest absolute Gasteiger partial charge is 0.508 e. The molecule has 2 saturated heterocycles. The Bertz CT molecular complexity index is 2390. The number of aromatic hydroxyl groups is 1. The van der Waals surface area contributed by atoms with Gasteiger partial charge in [-0.2, -0.15) is 0 Å². The van der Waals surface area contributed by atoms with Gasteiger partial charge in [-0.05, 0) is 184 Å². The predicted molar refractivity (Wildman–Crippen MR) is 262 cm³/mol. The smallest absolute Gasteiger partial charge is 0.163 e. The van der Waals surface area contributed by atoms with E-state index in [1.54, 1.807) is 0 Å². The normalized spacial score (nSPS) is 45.2. The summed E-state index contributed by atoms with van der Waals surface area (Å²) >= 11 is 0. The molecule has 2 aromatic carbocycles. The highest BCUT2D eigenvalue weighted by atomic mass is 16.6. The lowest BCUT2D eigenvalue weighted by Crippen LogP contribution is -2.74. The van der Waals surface area contributed by atoms with Crippen LogP contribution in [0.15, 0.2) is 65.8 Å². The number of nitrogens with one attached hydrogen (secondary N) is 2. The number of ether oxygens (including phenoxy) is 1. The van der Waals surface area contributed by atoms with Crippen molar-refractivity contribution in [2.45, 2.75) is 179 Å². The Hall–Kier alpha value is -3.34. The molecule has 2 bridgehead atoms. The van der Waals surface area contributed by atoms with Crippen LogP contribution in [-0.2, 0) is 20.9 Å². The number of Topliss-reactive ketones (excluding diaryl/α,β-unsaturated/α-hetero) is 2. The van der Waals surface area contributed by atoms with E-state index in [2.05, 4.69) is 68.7 Å². The maximum Gasteiger partial charge on any atom is 0.163 e. The Kier molecular flexibility index (Phi) is 11.1. The molecule has 8 aliphatic carbocycles. The molecule has 2 aromatic rings. The Morgan fingerprint density at radius 2 is 1.76 bits per heavy atom. The molecule has 0 amide bonds. The van der Waals surface area contributed by atoms with E-state index in [1.807, 2.05) is 38.2 Å². The van der Waals surface area contributed by atoms with Gasteiger partial charge in [0.05, 0.1) is 23.2 Å². The highest BCUT2D eigenvalue weighted by Crippen LogP contribution is 2.80. The van der Waals surface area contributed by atoms with Crippen molar-refractivity contribution in [3.8, 4) is 5.75 Å². The first-order valence-corrected chi connectivity index (χ1v) is 26.6. The van der Waals surface area contributed by atoms with E-state index in [4.69, 9.17) is 10.5 Å². The van der Waals surface area contributed by atoms with Gasteiger partial charge in [0.2, 0.25) is 0 Å². The number of fused-ring (bicyclic) bond motifs is 2. The van der Waals surface area contributed by atoms with Crippen LogP contribution in [0.2, 0.25) is 0 Å². The summed E-state index contributed by atoms with van der Waals surface area (Å²) in [4.78, 5) is 31.4. The molecular formula is C58H79N3O6. The number of aliphatic hydroxyl groups excluding tert-OH is 1. The Balaban J connectivity index is 0.974. The van der Waals surface area contributed by atoms with Crippen molar-refractivity contribution in [1.82, 2.24) is 10.6 Å². The number of hydrogen-bond acceptors (Lipinski definition) is 9. The average Bonchev–Trinajstić information content (AvgIpc) is 3.72. The van der Waals surface area contributed by atoms with E-state index in [-0.39, 0.29) is 63.7 Å². The fourth-order valence-corrected chi connectivity index (χ4v) is 18.9. The van der Waals surface area contributed by atoms with Crippen LogP contribution in [0.1, 0.15) is 159 Å². The van der Waals surface area contributed by atoms with Crippen LogP contribution in [0.5, 0.6) is 5.75 Å². The number of phenolic OH excluding ortho intramolecular Hbond substituents is 1. The molecule has 7 N–H and O–H groups in total. The Morgan fingerprint density at radius 1 is 0.955 bits per heavy atom. The third-order valence-corrected chi connectivity index (χ3v) is 21.4. The number of nitrogens with two attached hydrogens (primary N) is 1. The van der Waals surface area contributed by atoms with E-state index in [9.17, 15) is 15.3 Å². The van der Waals surface area contributed by atoms with E-state index in [0.29, 0.717) is 49.3 Å². The highest BCUT2D eigenvalue weighted by molar-refractivity contribution is 6.03. The minimum absolute atomic E-state index is 0.0214. The number of hydrogen-bond donors (Lipinski definition) is 6. The van der Waals surface area contributed by atoms with Crippen LogP contribution in [0.4, 0.5) is 5.69 Å². The number of allylic oxidation sites excluding steroid dienone is 4. The summed E-state index contributed by atoms with van der Waals surface area (Å²) < 4.78 is 6.59. The fourth-order valence-electron chi connectivity index (χ4n) is 18.9. The van der Waals surface area contributed by atoms with Crippen molar-refractivity contribution < 1.29 is 29.6 Å². The molecule has 0 aromatic heterocycles. The summed E-state index contributed by atoms with van der Waals surface area (Å²) in [5.41, 5.74) is 9.77. The first-order valence-electron chi connectivity index (χ1n) is 26.6. The number of β-amino-alcohol motifs (C(OH)–C–C–N with tert-alkyl or cyclic N) is 1. The van der Waals surface area contributed by atoms with Crippen molar-refractivity contribution >= 4 is 17.3 Å². The number of benzene rings is 2. The van der Waals surface area contributed by atoms with Crippen molar-refractivity contribution in [2.24, 2.45) is 57.2 Å². The molecule has 0 radical (unpaired) electrons. The molecule has 2 spiro atoms. The van der Waals surface area contributed by atoms with Gasteiger partial charge in [0, 0.05) is 41.6 Å². The molecular weight excluding hydrogens is 835 g/mol. The predicted octanol–water partition coefficient (Wildman–Crippen LogP) is 9.44. The molecule has 2 heterocycles. The van der Waals surface area contributed by atoms with Crippen molar-refractivity contribution in [3.05, 3.63) is 82.5 Å².